The normalized spacial score (nSPS) is 10.8. The zero-order valence-electron chi connectivity index (χ0n) is 10.5. The Balaban J connectivity index is 2.24. The van der Waals surface area contributed by atoms with E-state index in [1.807, 2.05) is 0 Å². The molecule has 1 aromatic carbocycles. The third-order valence-corrected chi connectivity index (χ3v) is 3.24. The Labute approximate surface area is 122 Å². The van der Waals surface area contributed by atoms with Crippen LogP contribution in [0.4, 0.5) is 10.2 Å². The largest absolute Gasteiger partial charge is 0.382 e. The number of hydrogen-bond acceptors (Lipinski definition) is 4. The number of nitrogens with one attached hydrogen (secondary N) is 2. The highest BCUT2D eigenvalue weighted by Gasteiger charge is 2.20. The lowest BCUT2D eigenvalue weighted by molar-refractivity contribution is 0.632. The van der Waals surface area contributed by atoms with E-state index >= 15 is 0 Å². The highest BCUT2D eigenvalue weighted by atomic mass is 35.5. The summed E-state index contributed by atoms with van der Waals surface area (Å²) < 4.78 is 14.2. The topological polar surface area (TPSA) is 100 Å². The van der Waals surface area contributed by atoms with Crippen molar-refractivity contribution in [1.29, 1.82) is 0 Å². The van der Waals surface area contributed by atoms with Crippen molar-refractivity contribution in [3.8, 4) is 22.5 Å². The third kappa shape index (κ3) is 2.27. The minimum Gasteiger partial charge on any atom is -0.382 e. The van der Waals surface area contributed by atoms with Crippen molar-refractivity contribution in [3.05, 3.63) is 51.5 Å². The van der Waals surface area contributed by atoms with Crippen molar-refractivity contribution in [2.24, 2.45) is 0 Å². The number of rotatable bonds is 2. The molecule has 0 spiro atoms. The number of aromatic amines is 2. The molecule has 2 heterocycles. The molecule has 21 heavy (non-hydrogen) atoms. The molecule has 6 nitrogen and oxygen atoms in total. The Morgan fingerprint density at radius 2 is 1.95 bits per heavy atom. The summed E-state index contributed by atoms with van der Waals surface area (Å²) in [4.78, 5) is 11.1. The molecule has 0 saturated carbocycles. The van der Waals surface area contributed by atoms with Crippen molar-refractivity contribution >= 4 is 17.4 Å². The second-order valence-electron chi connectivity index (χ2n) is 4.27. The molecule has 0 aliphatic heterocycles. The molecule has 0 amide bonds. The lowest BCUT2D eigenvalue weighted by Crippen LogP contribution is -2.06. The van der Waals surface area contributed by atoms with Gasteiger partial charge < -0.3 is 5.73 Å². The number of H-pyrrole nitrogens is 2. The SMILES string of the molecule is Nc1n[nH]c(-c2ccc(=O)[nH]n2)c1-c1cccc(Cl)c1F. The molecular weight excluding hydrogens is 297 g/mol. The van der Waals surface area contributed by atoms with Crippen molar-refractivity contribution < 1.29 is 4.39 Å². The van der Waals surface area contributed by atoms with E-state index in [2.05, 4.69) is 20.4 Å². The van der Waals surface area contributed by atoms with Crippen LogP contribution in [0.25, 0.3) is 22.5 Å². The van der Waals surface area contributed by atoms with E-state index in [-0.39, 0.29) is 22.0 Å². The number of nitrogens with two attached hydrogens (primary N) is 1. The monoisotopic (exact) mass is 305 g/mol. The van der Waals surface area contributed by atoms with E-state index in [4.69, 9.17) is 17.3 Å². The quantitative estimate of drug-likeness (QED) is 0.675. The summed E-state index contributed by atoms with van der Waals surface area (Å²) in [5, 5.41) is 12.7. The smallest absolute Gasteiger partial charge is 0.264 e. The van der Waals surface area contributed by atoms with E-state index < -0.39 is 5.82 Å². The standard InChI is InChI=1S/C13H9ClFN5O/c14-7-3-1-2-6(11(7)15)10-12(19-20-13(10)16)8-4-5-9(21)18-17-8/h1-5H,(H,18,21)(H3,16,19,20). The average Bonchev–Trinajstić information content (AvgIpc) is 2.85. The highest BCUT2D eigenvalue weighted by molar-refractivity contribution is 6.31. The van der Waals surface area contributed by atoms with Gasteiger partial charge in [0.15, 0.2) is 5.82 Å². The molecule has 0 radical (unpaired) electrons. The second-order valence-corrected chi connectivity index (χ2v) is 4.67. The maximum atomic E-state index is 14.2. The first-order chi connectivity index (χ1) is 10.1. The lowest BCUT2D eigenvalue weighted by Gasteiger charge is -2.06. The van der Waals surface area contributed by atoms with E-state index in [1.165, 1.54) is 24.3 Å². The molecule has 0 unspecified atom stereocenters. The third-order valence-electron chi connectivity index (χ3n) is 2.95. The number of nitrogens with zero attached hydrogens (tertiary/aromatic N) is 2. The second kappa shape index (κ2) is 5.02. The van der Waals surface area contributed by atoms with E-state index in [0.29, 0.717) is 17.0 Å². The molecule has 3 aromatic rings. The maximum Gasteiger partial charge on any atom is 0.264 e. The Morgan fingerprint density at radius 3 is 2.67 bits per heavy atom. The zero-order chi connectivity index (χ0) is 15.0. The van der Waals surface area contributed by atoms with Gasteiger partial charge in [0.05, 0.1) is 16.3 Å². The van der Waals surface area contributed by atoms with Gasteiger partial charge in [-0.25, -0.2) is 9.49 Å². The predicted molar refractivity (Wildman–Crippen MR) is 77.3 cm³/mol. The van der Waals surface area contributed by atoms with Gasteiger partial charge in [0, 0.05) is 11.6 Å². The number of benzene rings is 1. The molecule has 0 bridgehead atoms. The number of hydrogen-bond donors (Lipinski definition) is 3. The van der Waals surface area contributed by atoms with Crippen LogP contribution in [0, 0.1) is 5.82 Å². The van der Waals surface area contributed by atoms with E-state index in [1.54, 1.807) is 6.07 Å². The Morgan fingerprint density at radius 1 is 1.14 bits per heavy atom. The summed E-state index contributed by atoms with van der Waals surface area (Å²) in [6.45, 7) is 0. The average molecular weight is 306 g/mol. The molecule has 0 aliphatic rings. The first-order valence-corrected chi connectivity index (χ1v) is 6.30. The zero-order valence-corrected chi connectivity index (χ0v) is 11.3. The van der Waals surface area contributed by atoms with Crippen LogP contribution in [0.2, 0.25) is 5.02 Å². The van der Waals surface area contributed by atoms with Crippen LogP contribution in [-0.2, 0) is 0 Å². The molecule has 4 N–H and O–H groups in total. The van der Waals surface area contributed by atoms with Crippen LogP contribution < -0.4 is 11.3 Å². The molecule has 0 aliphatic carbocycles. The molecule has 106 valence electrons. The minimum absolute atomic E-state index is 0.0199. The first-order valence-electron chi connectivity index (χ1n) is 5.92. The summed E-state index contributed by atoms with van der Waals surface area (Å²) >= 11 is 5.79. The number of halogens is 2. The van der Waals surface area contributed by atoms with Crippen LogP contribution in [0.3, 0.4) is 0 Å². The summed E-state index contributed by atoms with van der Waals surface area (Å²) in [6.07, 6.45) is 0. The van der Waals surface area contributed by atoms with Crippen LogP contribution in [-0.4, -0.2) is 20.4 Å². The fourth-order valence-corrected chi connectivity index (χ4v) is 2.17. The fraction of sp³-hybridized carbons (Fsp3) is 0. The van der Waals surface area contributed by atoms with Crippen molar-refractivity contribution in [2.75, 3.05) is 5.73 Å². The van der Waals surface area contributed by atoms with Gasteiger partial charge in [-0.05, 0) is 12.1 Å². The van der Waals surface area contributed by atoms with Gasteiger partial charge in [-0.3, -0.25) is 9.89 Å². The summed E-state index contributed by atoms with van der Waals surface area (Å²) in [6, 6.07) is 7.37. The minimum atomic E-state index is -0.599. The molecule has 0 fully saturated rings. The van der Waals surface area contributed by atoms with Gasteiger partial charge in [0.25, 0.3) is 5.56 Å². The Kier molecular flexibility index (Phi) is 3.19. The van der Waals surface area contributed by atoms with Crippen LogP contribution in [0.1, 0.15) is 0 Å². The number of anilines is 1. The molecule has 0 saturated heterocycles. The van der Waals surface area contributed by atoms with Gasteiger partial charge in [-0.15, -0.1) is 0 Å². The van der Waals surface area contributed by atoms with Crippen molar-refractivity contribution in [3.63, 3.8) is 0 Å². The summed E-state index contributed by atoms with van der Waals surface area (Å²) in [7, 11) is 0. The van der Waals surface area contributed by atoms with Gasteiger partial charge in [0.1, 0.15) is 11.5 Å². The highest BCUT2D eigenvalue weighted by Crippen LogP contribution is 2.36. The molecule has 3 rings (SSSR count). The molecular formula is C13H9ClFN5O. The molecule has 0 atom stereocenters. The summed E-state index contributed by atoms with van der Waals surface area (Å²) in [5.74, 6) is -0.489. The van der Waals surface area contributed by atoms with Crippen LogP contribution >= 0.6 is 11.6 Å². The van der Waals surface area contributed by atoms with Crippen LogP contribution in [0.5, 0.6) is 0 Å². The first kappa shape index (κ1) is 13.3. The van der Waals surface area contributed by atoms with Gasteiger partial charge >= 0.3 is 0 Å². The van der Waals surface area contributed by atoms with Crippen LogP contribution in [0.15, 0.2) is 35.1 Å². The number of aromatic nitrogens is 4. The predicted octanol–water partition coefficient (Wildman–Crippen LogP) is 2.20. The Bertz CT molecular complexity index is 853. The van der Waals surface area contributed by atoms with Crippen molar-refractivity contribution in [2.45, 2.75) is 0 Å². The van der Waals surface area contributed by atoms with Gasteiger partial charge in [-0.2, -0.15) is 10.2 Å². The van der Waals surface area contributed by atoms with Gasteiger partial charge in [-0.1, -0.05) is 23.7 Å². The van der Waals surface area contributed by atoms with Gasteiger partial charge in [0.2, 0.25) is 0 Å². The lowest BCUT2D eigenvalue weighted by atomic mass is 10.0. The fourth-order valence-electron chi connectivity index (χ4n) is 1.99. The van der Waals surface area contributed by atoms with E-state index in [9.17, 15) is 9.18 Å². The van der Waals surface area contributed by atoms with E-state index in [0.717, 1.165) is 0 Å². The van der Waals surface area contributed by atoms with Crippen molar-refractivity contribution in [1.82, 2.24) is 20.4 Å². The Hall–Kier alpha value is -2.67. The molecule has 2 aromatic heterocycles. The summed E-state index contributed by atoms with van der Waals surface area (Å²) in [5.41, 5.74) is 6.79. The number of nitrogen functional groups attached to an aromatic ring is 1. The molecule has 8 heteroatoms. The maximum absolute atomic E-state index is 14.2.